The number of para-hydroxylation sites is 1. The Balaban J connectivity index is 1.85. The minimum atomic E-state index is -4.05. The quantitative estimate of drug-likeness (QED) is 0.506. The Morgan fingerprint density at radius 3 is 2.45 bits per heavy atom. The number of hydrogen-bond donors (Lipinski definition) is 1. The third-order valence-corrected chi connectivity index (χ3v) is 6.49. The Morgan fingerprint density at radius 2 is 1.74 bits per heavy atom. The maximum Gasteiger partial charge on any atom is 0.243 e. The van der Waals surface area contributed by atoms with Crippen molar-refractivity contribution in [2.45, 2.75) is 17.9 Å². The molecule has 0 amide bonds. The van der Waals surface area contributed by atoms with Gasteiger partial charge in [-0.25, -0.2) is 27.2 Å². The highest BCUT2D eigenvalue weighted by molar-refractivity contribution is 7.89. The molecule has 7 nitrogen and oxygen atoms in total. The summed E-state index contributed by atoms with van der Waals surface area (Å²) in [7, 11) is 1.30. The van der Waals surface area contributed by atoms with Gasteiger partial charge in [-0.2, -0.15) is 4.31 Å². The van der Waals surface area contributed by atoms with Crippen LogP contribution in [-0.2, 0) is 16.6 Å². The van der Waals surface area contributed by atoms with Gasteiger partial charge < -0.3 is 10.2 Å². The van der Waals surface area contributed by atoms with Crippen LogP contribution < -0.4 is 5.32 Å². The van der Waals surface area contributed by atoms with E-state index >= 15 is 0 Å². The molecule has 31 heavy (non-hydrogen) atoms. The molecule has 0 aliphatic carbocycles. The number of sulfonamides is 1. The van der Waals surface area contributed by atoms with Crippen molar-refractivity contribution in [2.24, 2.45) is 0 Å². The average molecular weight is 450 g/mol. The summed E-state index contributed by atoms with van der Waals surface area (Å²) in [6.07, 6.45) is 0.908. The molecule has 0 bridgehead atoms. The maximum absolute atomic E-state index is 13.5. The lowest BCUT2D eigenvalue weighted by molar-refractivity contribution is 0.405. The van der Waals surface area contributed by atoms with Crippen LogP contribution in [0.25, 0.3) is 10.9 Å². The van der Waals surface area contributed by atoms with E-state index in [0.717, 1.165) is 34.8 Å². The van der Waals surface area contributed by atoms with Crippen LogP contribution in [0.4, 0.5) is 14.6 Å². The lowest BCUT2D eigenvalue weighted by Crippen LogP contribution is -2.27. The van der Waals surface area contributed by atoms with Crippen molar-refractivity contribution in [1.82, 2.24) is 19.2 Å². The molecular formula is C21H25F2N5O2S. The van der Waals surface area contributed by atoms with E-state index in [-0.39, 0.29) is 11.4 Å². The molecule has 2 aromatic carbocycles. The predicted octanol–water partition coefficient (Wildman–Crippen LogP) is 3.09. The van der Waals surface area contributed by atoms with Crippen molar-refractivity contribution in [3.05, 3.63) is 59.9 Å². The first kappa shape index (κ1) is 23.0. The van der Waals surface area contributed by atoms with Gasteiger partial charge in [-0.15, -0.1) is 0 Å². The number of anilines is 1. The lowest BCUT2D eigenvalue weighted by Gasteiger charge is -2.18. The van der Waals surface area contributed by atoms with E-state index in [4.69, 9.17) is 0 Å². The summed E-state index contributed by atoms with van der Waals surface area (Å²) in [6, 6.07) is 9.94. The first-order valence-electron chi connectivity index (χ1n) is 9.74. The zero-order chi connectivity index (χ0) is 22.6. The van der Waals surface area contributed by atoms with Gasteiger partial charge in [-0.3, -0.25) is 0 Å². The molecule has 3 rings (SSSR count). The summed E-state index contributed by atoms with van der Waals surface area (Å²) in [5, 5.41) is 4.14. The number of hydrogen-bond acceptors (Lipinski definition) is 6. The summed E-state index contributed by atoms with van der Waals surface area (Å²) in [5.74, 6) is -1.41. The highest BCUT2D eigenvalue weighted by Gasteiger charge is 2.23. The Labute approximate surface area is 180 Å². The Hall–Kier alpha value is -2.69. The molecule has 0 saturated carbocycles. The monoisotopic (exact) mass is 449 g/mol. The van der Waals surface area contributed by atoms with E-state index in [0.29, 0.717) is 29.8 Å². The fourth-order valence-corrected chi connectivity index (χ4v) is 4.17. The minimum Gasteiger partial charge on any atom is -0.369 e. The number of benzene rings is 2. The predicted molar refractivity (Wildman–Crippen MR) is 116 cm³/mol. The normalized spacial score (nSPS) is 12.1. The zero-order valence-corrected chi connectivity index (χ0v) is 18.5. The lowest BCUT2D eigenvalue weighted by atomic mass is 10.2. The van der Waals surface area contributed by atoms with Gasteiger partial charge in [0.1, 0.15) is 11.6 Å². The van der Waals surface area contributed by atoms with Crippen molar-refractivity contribution < 1.29 is 17.2 Å². The maximum atomic E-state index is 13.5. The van der Waals surface area contributed by atoms with Gasteiger partial charge in [0.25, 0.3) is 0 Å². The molecule has 10 heteroatoms. The fourth-order valence-electron chi connectivity index (χ4n) is 3.03. The van der Waals surface area contributed by atoms with Crippen LogP contribution in [0.5, 0.6) is 0 Å². The topological polar surface area (TPSA) is 78.4 Å². The molecule has 1 N–H and O–H groups in total. The highest BCUT2D eigenvalue weighted by atomic mass is 32.2. The Bertz CT molecular complexity index is 1170. The molecule has 0 unspecified atom stereocenters. The van der Waals surface area contributed by atoms with Gasteiger partial charge in [0.2, 0.25) is 10.0 Å². The average Bonchev–Trinajstić information content (AvgIpc) is 2.72. The summed E-state index contributed by atoms with van der Waals surface area (Å²) in [6.45, 7) is 1.48. The van der Waals surface area contributed by atoms with Crippen molar-refractivity contribution in [2.75, 3.05) is 39.5 Å². The molecule has 0 saturated heterocycles. The van der Waals surface area contributed by atoms with Gasteiger partial charge in [0, 0.05) is 19.0 Å². The van der Waals surface area contributed by atoms with E-state index in [1.807, 2.05) is 38.4 Å². The summed E-state index contributed by atoms with van der Waals surface area (Å²) < 4.78 is 53.3. The third kappa shape index (κ3) is 5.52. The molecule has 1 aromatic heterocycles. The van der Waals surface area contributed by atoms with Crippen LogP contribution in [0.2, 0.25) is 0 Å². The molecule has 0 fully saturated rings. The van der Waals surface area contributed by atoms with Crippen LogP contribution in [0, 0.1) is 11.6 Å². The number of fused-ring (bicyclic) bond motifs is 1. The van der Waals surface area contributed by atoms with Crippen LogP contribution in [-0.4, -0.2) is 61.8 Å². The second-order valence-corrected chi connectivity index (χ2v) is 9.47. The van der Waals surface area contributed by atoms with E-state index in [9.17, 15) is 17.2 Å². The molecule has 0 atom stereocenters. The summed E-state index contributed by atoms with van der Waals surface area (Å²) in [5.41, 5.74) is 0.682. The van der Waals surface area contributed by atoms with Gasteiger partial charge in [-0.1, -0.05) is 12.1 Å². The molecule has 0 aliphatic heterocycles. The Kier molecular flexibility index (Phi) is 7.14. The number of nitrogens with one attached hydrogen (secondary N) is 1. The molecular weight excluding hydrogens is 424 g/mol. The molecule has 0 spiro atoms. The molecule has 166 valence electrons. The smallest absolute Gasteiger partial charge is 0.243 e. The van der Waals surface area contributed by atoms with E-state index in [1.54, 1.807) is 0 Å². The van der Waals surface area contributed by atoms with Crippen LogP contribution in [0.3, 0.4) is 0 Å². The van der Waals surface area contributed by atoms with E-state index in [1.165, 1.54) is 7.05 Å². The standard InChI is InChI=1S/C21H25F2N5O2S/c1-27(2)12-6-11-24-21-16-7-4-5-8-19(16)25-20(26-21)14-28(3)31(29,30)15-9-10-17(22)18(23)13-15/h4-5,7-10,13H,6,11-12,14H2,1-3H3,(H,24,25,26). The molecule has 1 heterocycles. The fraction of sp³-hybridized carbons (Fsp3) is 0.333. The molecule has 0 aliphatic rings. The summed E-state index contributed by atoms with van der Waals surface area (Å²) >= 11 is 0. The van der Waals surface area contributed by atoms with Crippen LogP contribution >= 0.6 is 0 Å². The largest absolute Gasteiger partial charge is 0.369 e. The highest BCUT2D eigenvalue weighted by Crippen LogP contribution is 2.22. The van der Waals surface area contributed by atoms with Crippen molar-refractivity contribution >= 4 is 26.7 Å². The molecule has 0 radical (unpaired) electrons. The number of aromatic nitrogens is 2. The first-order chi connectivity index (χ1) is 14.7. The minimum absolute atomic E-state index is 0.126. The van der Waals surface area contributed by atoms with Gasteiger partial charge in [0.15, 0.2) is 11.6 Å². The van der Waals surface area contributed by atoms with Crippen molar-refractivity contribution in [1.29, 1.82) is 0 Å². The second-order valence-electron chi connectivity index (χ2n) is 7.43. The van der Waals surface area contributed by atoms with Crippen LogP contribution in [0.15, 0.2) is 47.4 Å². The second kappa shape index (κ2) is 9.63. The number of rotatable bonds is 9. The number of nitrogens with zero attached hydrogens (tertiary/aromatic N) is 4. The first-order valence-corrected chi connectivity index (χ1v) is 11.2. The van der Waals surface area contributed by atoms with E-state index in [2.05, 4.69) is 20.2 Å². The van der Waals surface area contributed by atoms with Crippen molar-refractivity contribution in [3.8, 4) is 0 Å². The Morgan fingerprint density at radius 1 is 1.00 bits per heavy atom. The number of halogens is 2. The van der Waals surface area contributed by atoms with Gasteiger partial charge in [0.05, 0.1) is 17.0 Å². The zero-order valence-electron chi connectivity index (χ0n) is 17.6. The van der Waals surface area contributed by atoms with Gasteiger partial charge >= 0.3 is 0 Å². The SMILES string of the molecule is CN(C)CCCNc1nc(CN(C)S(=O)(=O)c2ccc(F)c(F)c2)nc2ccccc12. The van der Waals surface area contributed by atoms with Crippen LogP contribution in [0.1, 0.15) is 12.2 Å². The molecule has 3 aromatic rings. The van der Waals surface area contributed by atoms with E-state index < -0.39 is 21.7 Å². The van der Waals surface area contributed by atoms with Crippen molar-refractivity contribution in [3.63, 3.8) is 0 Å². The summed E-state index contributed by atoms with van der Waals surface area (Å²) in [4.78, 5) is 10.7. The third-order valence-electron chi connectivity index (χ3n) is 4.69. The van der Waals surface area contributed by atoms with Gasteiger partial charge in [-0.05, 0) is 57.4 Å².